The van der Waals surface area contributed by atoms with Gasteiger partial charge in [0.05, 0.1) is 46.2 Å². The van der Waals surface area contributed by atoms with Gasteiger partial charge in [0.25, 0.3) is 6.48 Å². The number of hydrogen-bond donors (Lipinski definition) is 2. The molecular formula is C19H30O13. The molecule has 3 fully saturated rings. The summed E-state index contributed by atoms with van der Waals surface area (Å²) in [6.07, 6.45) is -2.15. The number of hydrogen-bond acceptors (Lipinski definition) is 13. The second-order valence-corrected chi connectivity index (χ2v) is 7.71. The Hall–Kier alpha value is -1.74. The minimum absolute atomic E-state index is 0.0198. The normalized spacial score (nSPS) is 29.3. The molecule has 0 radical (unpaired) electrons. The van der Waals surface area contributed by atoms with E-state index in [1.54, 1.807) is 0 Å². The van der Waals surface area contributed by atoms with Gasteiger partial charge in [-0.1, -0.05) is 0 Å². The van der Waals surface area contributed by atoms with E-state index in [9.17, 15) is 19.8 Å². The Balaban J connectivity index is 1.30. The fourth-order valence-corrected chi connectivity index (χ4v) is 3.23. The van der Waals surface area contributed by atoms with E-state index in [2.05, 4.69) is 4.74 Å². The number of rotatable bonds is 15. The predicted molar refractivity (Wildman–Crippen MR) is 100 cm³/mol. The van der Waals surface area contributed by atoms with Crippen LogP contribution < -0.4 is 0 Å². The Morgan fingerprint density at radius 3 is 2.12 bits per heavy atom. The SMILES string of the molecule is O=C1OCC(CCC(COCC(O)COCC2COC(=O)O2)COCC2COC(O)O2)O1. The summed E-state index contributed by atoms with van der Waals surface area (Å²) in [7, 11) is 0. The number of cyclic esters (lactones) is 4. The molecule has 184 valence electrons. The van der Waals surface area contributed by atoms with Crippen molar-refractivity contribution >= 4 is 12.3 Å². The molecule has 0 aliphatic carbocycles. The number of carbonyl (C=O) groups is 2. The van der Waals surface area contributed by atoms with Gasteiger partial charge in [0.2, 0.25) is 0 Å². The van der Waals surface area contributed by atoms with Gasteiger partial charge in [-0.2, -0.15) is 0 Å². The first kappa shape index (κ1) is 24.9. The molecule has 6 atom stereocenters. The second-order valence-electron chi connectivity index (χ2n) is 7.71. The third-order valence-corrected chi connectivity index (χ3v) is 4.87. The van der Waals surface area contributed by atoms with Crippen LogP contribution in [-0.2, 0) is 42.6 Å². The summed E-state index contributed by atoms with van der Waals surface area (Å²) in [4.78, 5) is 21.9. The highest BCUT2D eigenvalue weighted by Crippen LogP contribution is 2.18. The molecule has 13 nitrogen and oxygen atoms in total. The molecular weight excluding hydrogens is 436 g/mol. The topological polar surface area (TPSA) is 158 Å². The first-order valence-corrected chi connectivity index (χ1v) is 10.5. The van der Waals surface area contributed by atoms with Gasteiger partial charge in [-0.15, -0.1) is 0 Å². The van der Waals surface area contributed by atoms with Crippen LogP contribution in [0.5, 0.6) is 0 Å². The molecule has 3 rings (SSSR count). The number of carbonyl (C=O) groups excluding carboxylic acids is 2. The van der Waals surface area contributed by atoms with Crippen LogP contribution in [0.2, 0.25) is 0 Å². The van der Waals surface area contributed by atoms with Crippen LogP contribution in [0.15, 0.2) is 0 Å². The maximum atomic E-state index is 11.1. The third kappa shape index (κ3) is 9.02. The van der Waals surface area contributed by atoms with E-state index in [0.29, 0.717) is 26.1 Å². The van der Waals surface area contributed by atoms with Crippen molar-refractivity contribution in [1.29, 1.82) is 0 Å². The van der Waals surface area contributed by atoms with Crippen molar-refractivity contribution in [1.82, 2.24) is 0 Å². The number of aliphatic hydroxyl groups is 2. The maximum absolute atomic E-state index is 11.1. The average molecular weight is 466 g/mol. The standard InChI is InChI=1S/C19H30O13/c20-13(6-26-8-16-11-29-19(23)32-16)5-24-3-12(1-2-14-9-27-17(21)30-14)4-25-7-15-10-28-18(22)31-15/h12-16,18,20,22H,1-11H2. The van der Waals surface area contributed by atoms with Crippen molar-refractivity contribution in [2.45, 2.75) is 43.7 Å². The molecule has 0 amide bonds. The van der Waals surface area contributed by atoms with Crippen molar-refractivity contribution in [2.24, 2.45) is 5.92 Å². The number of aliphatic hydroxyl groups excluding tert-OH is 2. The molecule has 3 heterocycles. The molecule has 0 spiro atoms. The van der Waals surface area contributed by atoms with Crippen LogP contribution in [-0.4, -0.2) is 113 Å². The van der Waals surface area contributed by atoms with Gasteiger partial charge >= 0.3 is 12.3 Å². The van der Waals surface area contributed by atoms with Crippen molar-refractivity contribution in [3.05, 3.63) is 0 Å². The quantitative estimate of drug-likeness (QED) is 0.299. The van der Waals surface area contributed by atoms with Crippen LogP contribution in [0.25, 0.3) is 0 Å². The summed E-state index contributed by atoms with van der Waals surface area (Å²) in [6, 6.07) is 0. The Kier molecular flexibility index (Phi) is 10.2. The molecule has 3 aliphatic rings. The Labute approximate surface area is 184 Å². The van der Waals surface area contributed by atoms with Crippen LogP contribution in [0.4, 0.5) is 9.59 Å². The molecule has 0 saturated carbocycles. The molecule has 32 heavy (non-hydrogen) atoms. The van der Waals surface area contributed by atoms with Gasteiger partial charge in [-0.3, -0.25) is 0 Å². The van der Waals surface area contributed by atoms with Crippen molar-refractivity contribution < 1.29 is 62.4 Å². The van der Waals surface area contributed by atoms with E-state index in [1.165, 1.54) is 0 Å². The zero-order valence-corrected chi connectivity index (χ0v) is 17.6. The van der Waals surface area contributed by atoms with Crippen molar-refractivity contribution in [2.75, 3.05) is 59.5 Å². The Morgan fingerprint density at radius 1 is 0.844 bits per heavy atom. The molecule has 6 unspecified atom stereocenters. The lowest BCUT2D eigenvalue weighted by Gasteiger charge is -2.20. The lowest BCUT2D eigenvalue weighted by atomic mass is 10.0. The van der Waals surface area contributed by atoms with Gasteiger partial charge in [-0.05, 0) is 12.8 Å². The van der Waals surface area contributed by atoms with Gasteiger partial charge in [0.1, 0.15) is 31.5 Å². The molecule has 2 N–H and O–H groups in total. The highest BCUT2D eigenvalue weighted by molar-refractivity contribution is 5.62. The maximum Gasteiger partial charge on any atom is 0.508 e. The first-order chi connectivity index (χ1) is 15.5. The Bertz CT molecular complexity index is 588. The molecule has 13 heteroatoms. The van der Waals surface area contributed by atoms with Crippen molar-refractivity contribution in [3.8, 4) is 0 Å². The zero-order valence-electron chi connectivity index (χ0n) is 17.6. The Morgan fingerprint density at radius 2 is 1.47 bits per heavy atom. The molecule has 0 aromatic carbocycles. The van der Waals surface area contributed by atoms with Gasteiger partial charge in [0, 0.05) is 5.92 Å². The monoisotopic (exact) mass is 466 g/mol. The largest absolute Gasteiger partial charge is 0.508 e. The average Bonchev–Trinajstić information content (AvgIpc) is 3.48. The van der Waals surface area contributed by atoms with Crippen molar-refractivity contribution in [3.63, 3.8) is 0 Å². The summed E-state index contributed by atoms with van der Waals surface area (Å²) >= 11 is 0. The summed E-state index contributed by atoms with van der Waals surface area (Å²) in [5, 5.41) is 19.2. The van der Waals surface area contributed by atoms with Crippen LogP contribution in [0.3, 0.4) is 0 Å². The minimum Gasteiger partial charge on any atom is -0.430 e. The number of ether oxygens (including phenoxy) is 9. The predicted octanol–water partition coefficient (Wildman–Crippen LogP) is -0.444. The van der Waals surface area contributed by atoms with Gasteiger partial charge in [0.15, 0.2) is 6.10 Å². The highest BCUT2D eigenvalue weighted by Gasteiger charge is 2.28. The first-order valence-electron chi connectivity index (χ1n) is 10.5. The lowest BCUT2D eigenvalue weighted by molar-refractivity contribution is -0.208. The smallest absolute Gasteiger partial charge is 0.430 e. The van der Waals surface area contributed by atoms with Crippen LogP contribution in [0.1, 0.15) is 12.8 Å². The summed E-state index contributed by atoms with van der Waals surface area (Å²) < 4.78 is 45.9. The molecule has 3 aliphatic heterocycles. The third-order valence-electron chi connectivity index (χ3n) is 4.87. The van der Waals surface area contributed by atoms with E-state index >= 15 is 0 Å². The van der Waals surface area contributed by atoms with E-state index in [0.717, 1.165) is 0 Å². The summed E-state index contributed by atoms with van der Waals surface area (Å²) in [5.41, 5.74) is 0. The fourth-order valence-electron chi connectivity index (χ4n) is 3.23. The van der Waals surface area contributed by atoms with Gasteiger partial charge in [-0.25, -0.2) is 9.59 Å². The summed E-state index contributed by atoms with van der Waals surface area (Å²) in [5.74, 6) is -0.0373. The zero-order chi connectivity index (χ0) is 22.8. The van der Waals surface area contributed by atoms with Crippen LogP contribution >= 0.6 is 0 Å². The molecule has 3 saturated heterocycles. The summed E-state index contributed by atoms with van der Waals surface area (Å²) in [6.45, 7) is 0.462. The molecule has 0 bridgehead atoms. The van der Waals surface area contributed by atoms with Gasteiger partial charge < -0.3 is 52.8 Å². The highest BCUT2D eigenvalue weighted by atomic mass is 16.8. The lowest BCUT2D eigenvalue weighted by Crippen LogP contribution is -2.28. The van der Waals surface area contributed by atoms with E-state index < -0.39 is 31.0 Å². The van der Waals surface area contributed by atoms with E-state index in [4.69, 9.17) is 37.9 Å². The molecule has 0 aromatic heterocycles. The van der Waals surface area contributed by atoms with E-state index in [-0.39, 0.29) is 64.4 Å². The fraction of sp³-hybridized carbons (Fsp3) is 0.895. The second kappa shape index (κ2) is 13.1. The van der Waals surface area contributed by atoms with E-state index in [1.807, 2.05) is 0 Å². The molecule has 0 aromatic rings. The minimum atomic E-state index is -1.23. The van der Waals surface area contributed by atoms with Crippen LogP contribution in [0, 0.1) is 5.92 Å².